The number of anilines is 1. The summed E-state index contributed by atoms with van der Waals surface area (Å²) < 4.78 is 2.29. The molecule has 1 atom stereocenters. The van der Waals surface area contributed by atoms with Crippen molar-refractivity contribution in [1.82, 2.24) is 9.55 Å². The summed E-state index contributed by atoms with van der Waals surface area (Å²) in [7, 11) is 0. The van der Waals surface area contributed by atoms with Crippen molar-refractivity contribution in [3.05, 3.63) is 95.3 Å². The first-order chi connectivity index (χ1) is 14.6. The van der Waals surface area contributed by atoms with Gasteiger partial charge in [-0.15, -0.1) is 0 Å². The van der Waals surface area contributed by atoms with Crippen molar-refractivity contribution in [3.8, 4) is 0 Å². The number of aromatic nitrogens is 2. The van der Waals surface area contributed by atoms with Crippen LogP contribution in [0.2, 0.25) is 0 Å². The van der Waals surface area contributed by atoms with Gasteiger partial charge in [0.05, 0.1) is 11.0 Å². The number of carbonyl (C=O) groups is 1. The fourth-order valence-electron chi connectivity index (χ4n) is 4.57. The zero-order chi connectivity index (χ0) is 20.7. The Labute approximate surface area is 176 Å². The molecular weight excluding hydrogens is 370 g/mol. The Balaban J connectivity index is 1.53. The smallest absolute Gasteiger partial charge is 0.227 e. The summed E-state index contributed by atoms with van der Waals surface area (Å²) in [6, 6.07) is 25.0. The van der Waals surface area contributed by atoms with Crippen molar-refractivity contribution < 1.29 is 4.79 Å². The zero-order valence-corrected chi connectivity index (χ0v) is 17.4. The van der Waals surface area contributed by atoms with Gasteiger partial charge in [0.15, 0.2) is 0 Å². The molecule has 3 aromatic carbocycles. The van der Waals surface area contributed by atoms with E-state index in [1.807, 2.05) is 17.0 Å². The second-order valence-corrected chi connectivity index (χ2v) is 8.28. The summed E-state index contributed by atoms with van der Waals surface area (Å²) in [5, 5.41) is 0. The summed E-state index contributed by atoms with van der Waals surface area (Å²) in [6.07, 6.45) is 0.491. The van der Waals surface area contributed by atoms with Crippen molar-refractivity contribution in [2.24, 2.45) is 0 Å². The van der Waals surface area contributed by atoms with Crippen molar-refractivity contribution >= 4 is 22.6 Å². The molecule has 30 heavy (non-hydrogen) atoms. The maximum Gasteiger partial charge on any atom is 0.227 e. The summed E-state index contributed by atoms with van der Waals surface area (Å²) in [5.41, 5.74) is 6.69. The van der Waals surface area contributed by atoms with Gasteiger partial charge in [-0.25, -0.2) is 4.98 Å². The summed E-state index contributed by atoms with van der Waals surface area (Å²) in [5.74, 6) is 1.25. The summed E-state index contributed by atoms with van der Waals surface area (Å²) in [6.45, 7) is 5.58. The van der Waals surface area contributed by atoms with Crippen LogP contribution in [0.1, 0.15) is 34.9 Å². The van der Waals surface area contributed by atoms with E-state index in [1.165, 1.54) is 16.7 Å². The van der Waals surface area contributed by atoms with Gasteiger partial charge in [0, 0.05) is 31.1 Å². The molecule has 5 rings (SSSR count). The highest BCUT2D eigenvalue weighted by molar-refractivity contribution is 5.96. The average molecular weight is 396 g/mol. The van der Waals surface area contributed by atoms with Crippen molar-refractivity contribution in [1.29, 1.82) is 0 Å². The molecule has 150 valence electrons. The van der Waals surface area contributed by atoms with E-state index >= 15 is 0 Å². The number of aryl methyl sites for hydroxylation is 2. The van der Waals surface area contributed by atoms with Crippen LogP contribution in [0, 0.1) is 13.8 Å². The molecule has 4 heteroatoms. The van der Waals surface area contributed by atoms with Crippen LogP contribution >= 0.6 is 0 Å². The molecule has 1 saturated heterocycles. The number of imidazole rings is 1. The van der Waals surface area contributed by atoms with Crippen molar-refractivity contribution in [2.45, 2.75) is 32.7 Å². The Kier molecular flexibility index (Phi) is 4.62. The van der Waals surface area contributed by atoms with Gasteiger partial charge in [-0.3, -0.25) is 4.79 Å². The number of hydrogen-bond acceptors (Lipinski definition) is 2. The number of amides is 1. The molecule has 0 aliphatic carbocycles. The van der Waals surface area contributed by atoms with E-state index in [4.69, 9.17) is 4.98 Å². The topological polar surface area (TPSA) is 38.1 Å². The van der Waals surface area contributed by atoms with Gasteiger partial charge in [0.2, 0.25) is 5.91 Å². The molecule has 0 spiro atoms. The molecule has 4 nitrogen and oxygen atoms in total. The van der Waals surface area contributed by atoms with E-state index in [-0.39, 0.29) is 11.8 Å². The van der Waals surface area contributed by atoms with Gasteiger partial charge in [0.25, 0.3) is 0 Å². The van der Waals surface area contributed by atoms with E-state index in [0.29, 0.717) is 13.0 Å². The number of fused-ring (bicyclic) bond motifs is 1. The van der Waals surface area contributed by atoms with E-state index in [1.54, 1.807) is 0 Å². The standard InChI is InChI=1S/C26H25N3O/c1-18-12-19(2)14-22(13-18)28-17-21(15-25(28)30)26-27-23-10-6-7-11-24(23)29(26)16-20-8-4-3-5-9-20/h3-14,21H,15-17H2,1-2H3. The molecule has 1 fully saturated rings. The van der Waals surface area contributed by atoms with Crippen LogP contribution in [0.3, 0.4) is 0 Å². The molecule has 0 N–H and O–H groups in total. The van der Waals surface area contributed by atoms with Gasteiger partial charge < -0.3 is 9.47 Å². The largest absolute Gasteiger partial charge is 0.323 e. The quantitative estimate of drug-likeness (QED) is 0.475. The van der Waals surface area contributed by atoms with Gasteiger partial charge in [-0.05, 0) is 54.8 Å². The van der Waals surface area contributed by atoms with Gasteiger partial charge in [0.1, 0.15) is 5.82 Å². The number of hydrogen-bond donors (Lipinski definition) is 0. The first-order valence-corrected chi connectivity index (χ1v) is 10.5. The number of nitrogens with zero attached hydrogens (tertiary/aromatic N) is 3. The molecule has 1 amide bonds. The third kappa shape index (κ3) is 3.39. The maximum atomic E-state index is 13.0. The van der Waals surface area contributed by atoms with Crippen LogP contribution in [0.4, 0.5) is 5.69 Å². The molecule has 1 aliphatic rings. The van der Waals surface area contributed by atoms with E-state index in [0.717, 1.165) is 29.1 Å². The highest BCUT2D eigenvalue weighted by atomic mass is 16.2. The molecule has 4 aromatic rings. The molecule has 0 saturated carbocycles. The molecule has 1 unspecified atom stereocenters. The first kappa shape index (κ1) is 18.6. The van der Waals surface area contributed by atoms with E-state index in [9.17, 15) is 4.79 Å². The highest BCUT2D eigenvalue weighted by Crippen LogP contribution is 2.34. The summed E-state index contributed by atoms with van der Waals surface area (Å²) in [4.78, 5) is 19.9. The molecule has 0 bridgehead atoms. The second-order valence-electron chi connectivity index (χ2n) is 8.28. The Hall–Kier alpha value is -3.40. The van der Waals surface area contributed by atoms with Crippen LogP contribution in [0.15, 0.2) is 72.8 Å². The molecule has 1 aromatic heterocycles. The summed E-state index contributed by atoms with van der Waals surface area (Å²) >= 11 is 0. The SMILES string of the molecule is Cc1cc(C)cc(N2CC(c3nc4ccccc4n3Cc3ccccc3)CC2=O)c1. The number of para-hydroxylation sites is 2. The lowest BCUT2D eigenvalue weighted by Gasteiger charge is -2.19. The van der Waals surface area contributed by atoms with E-state index in [2.05, 4.69) is 79.1 Å². The lowest BCUT2D eigenvalue weighted by molar-refractivity contribution is -0.117. The first-order valence-electron chi connectivity index (χ1n) is 10.5. The van der Waals surface area contributed by atoms with Crippen molar-refractivity contribution in [3.63, 3.8) is 0 Å². The molecule has 0 radical (unpaired) electrons. The lowest BCUT2D eigenvalue weighted by atomic mass is 10.1. The Morgan fingerprint density at radius 2 is 1.63 bits per heavy atom. The highest BCUT2D eigenvalue weighted by Gasteiger charge is 2.35. The Morgan fingerprint density at radius 1 is 0.933 bits per heavy atom. The minimum atomic E-state index is 0.0782. The molecule has 2 heterocycles. The third-order valence-corrected chi connectivity index (χ3v) is 5.88. The fourth-order valence-corrected chi connectivity index (χ4v) is 4.57. The van der Waals surface area contributed by atoms with Crippen LogP contribution in [-0.4, -0.2) is 22.0 Å². The van der Waals surface area contributed by atoms with Crippen LogP contribution in [0.25, 0.3) is 11.0 Å². The minimum absolute atomic E-state index is 0.0782. The van der Waals surface area contributed by atoms with Crippen LogP contribution in [0.5, 0.6) is 0 Å². The average Bonchev–Trinajstić information content (AvgIpc) is 3.29. The Morgan fingerprint density at radius 3 is 2.40 bits per heavy atom. The predicted molar refractivity (Wildman–Crippen MR) is 121 cm³/mol. The minimum Gasteiger partial charge on any atom is -0.323 e. The van der Waals surface area contributed by atoms with Crippen LogP contribution in [-0.2, 0) is 11.3 Å². The monoisotopic (exact) mass is 395 g/mol. The van der Waals surface area contributed by atoms with Gasteiger partial charge >= 0.3 is 0 Å². The van der Waals surface area contributed by atoms with Crippen LogP contribution < -0.4 is 4.90 Å². The van der Waals surface area contributed by atoms with Gasteiger partial charge in [-0.1, -0.05) is 48.5 Å². The number of rotatable bonds is 4. The normalized spacial score (nSPS) is 16.5. The zero-order valence-electron chi connectivity index (χ0n) is 17.4. The van der Waals surface area contributed by atoms with Crippen molar-refractivity contribution in [2.75, 3.05) is 11.4 Å². The third-order valence-electron chi connectivity index (χ3n) is 5.88. The fraction of sp³-hybridized carbons (Fsp3) is 0.231. The molecule has 1 aliphatic heterocycles. The number of carbonyl (C=O) groups excluding carboxylic acids is 1. The Bertz CT molecular complexity index is 1210. The number of benzene rings is 3. The predicted octanol–water partition coefficient (Wildman–Crippen LogP) is 5.22. The van der Waals surface area contributed by atoms with E-state index < -0.39 is 0 Å². The molecular formula is C26H25N3O. The maximum absolute atomic E-state index is 13.0. The lowest BCUT2D eigenvalue weighted by Crippen LogP contribution is -2.24. The second kappa shape index (κ2) is 7.45. The van der Waals surface area contributed by atoms with Gasteiger partial charge in [-0.2, -0.15) is 0 Å².